The molecule has 0 aromatic heterocycles. The topological polar surface area (TPSA) is 63.3 Å². The quantitative estimate of drug-likeness (QED) is 0.750. The lowest BCUT2D eigenvalue weighted by molar-refractivity contribution is -0.135. The number of hydrogen-bond donors (Lipinski definition) is 2. The zero-order valence-electron chi connectivity index (χ0n) is 8.33. The van der Waals surface area contributed by atoms with E-state index in [2.05, 4.69) is 0 Å². The van der Waals surface area contributed by atoms with Crippen LogP contribution in [0.2, 0.25) is 0 Å². The van der Waals surface area contributed by atoms with Gasteiger partial charge in [0, 0.05) is 16.8 Å². The zero-order valence-corrected chi connectivity index (χ0v) is 8.33. The maximum absolute atomic E-state index is 13.5. The van der Waals surface area contributed by atoms with Crippen LogP contribution in [0.3, 0.4) is 0 Å². The summed E-state index contributed by atoms with van der Waals surface area (Å²) in [6, 6.07) is 3.12. The van der Waals surface area contributed by atoms with Crippen molar-refractivity contribution in [1.29, 1.82) is 0 Å². The van der Waals surface area contributed by atoms with E-state index in [0.717, 1.165) is 0 Å². The second kappa shape index (κ2) is 4.59. The van der Waals surface area contributed by atoms with Crippen molar-refractivity contribution in [3.8, 4) is 0 Å². The molecular formula is C11H12FNO2. The summed E-state index contributed by atoms with van der Waals surface area (Å²) in [5, 5.41) is 8.39. The van der Waals surface area contributed by atoms with Crippen LogP contribution in [-0.4, -0.2) is 11.1 Å². The number of anilines is 1. The first kappa shape index (κ1) is 11.2. The van der Waals surface area contributed by atoms with Crippen LogP contribution in [0.15, 0.2) is 18.2 Å². The summed E-state index contributed by atoms with van der Waals surface area (Å²) >= 11 is 0. The summed E-state index contributed by atoms with van der Waals surface area (Å²) in [6.45, 7) is 1.58. The second-order valence-electron chi connectivity index (χ2n) is 3.18. The van der Waals surface area contributed by atoms with Crippen LogP contribution in [-0.2, 0) is 4.79 Å². The molecule has 80 valence electrons. The number of aliphatic carboxylic acids is 1. The van der Waals surface area contributed by atoms with Crippen molar-refractivity contribution in [2.75, 3.05) is 5.73 Å². The van der Waals surface area contributed by atoms with Gasteiger partial charge in [0.1, 0.15) is 5.82 Å². The minimum atomic E-state index is -0.946. The van der Waals surface area contributed by atoms with Gasteiger partial charge in [-0.25, -0.2) is 4.39 Å². The first-order valence-corrected chi connectivity index (χ1v) is 4.45. The maximum atomic E-state index is 13.5. The van der Waals surface area contributed by atoms with Crippen LogP contribution in [0.4, 0.5) is 10.1 Å². The van der Waals surface area contributed by atoms with Crippen molar-refractivity contribution in [2.45, 2.75) is 13.3 Å². The summed E-state index contributed by atoms with van der Waals surface area (Å²) in [4.78, 5) is 10.2. The Morgan fingerprint density at radius 3 is 2.87 bits per heavy atom. The predicted octanol–water partition coefficient (Wildman–Crippen LogP) is 2.20. The largest absolute Gasteiger partial charge is 0.481 e. The molecule has 15 heavy (non-hydrogen) atoms. The van der Waals surface area contributed by atoms with E-state index in [1.54, 1.807) is 13.0 Å². The molecule has 0 unspecified atom stereocenters. The van der Waals surface area contributed by atoms with Gasteiger partial charge < -0.3 is 10.8 Å². The Morgan fingerprint density at radius 1 is 1.60 bits per heavy atom. The monoisotopic (exact) mass is 209 g/mol. The van der Waals surface area contributed by atoms with Gasteiger partial charge in [-0.1, -0.05) is 12.2 Å². The van der Waals surface area contributed by atoms with Gasteiger partial charge in [-0.05, 0) is 19.1 Å². The highest BCUT2D eigenvalue weighted by Gasteiger charge is 2.05. The molecule has 0 radical (unpaired) electrons. The number of nitrogen functional groups attached to an aromatic ring is 1. The van der Waals surface area contributed by atoms with Crippen molar-refractivity contribution in [3.63, 3.8) is 0 Å². The summed E-state index contributed by atoms with van der Waals surface area (Å²) in [5.41, 5.74) is 6.63. The lowest BCUT2D eigenvalue weighted by Crippen LogP contribution is -1.95. The van der Waals surface area contributed by atoms with E-state index in [1.807, 2.05) is 0 Å². The lowest BCUT2D eigenvalue weighted by Gasteiger charge is -2.03. The highest BCUT2D eigenvalue weighted by molar-refractivity contribution is 5.70. The van der Waals surface area contributed by atoms with Crippen LogP contribution in [0.5, 0.6) is 0 Å². The van der Waals surface area contributed by atoms with E-state index in [-0.39, 0.29) is 6.42 Å². The van der Waals surface area contributed by atoms with Gasteiger partial charge in [0.15, 0.2) is 0 Å². The predicted molar refractivity (Wildman–Crippen MR) is 56.8 cm³/mol. The number of rotatable bonds is 3. The molecule has 1 aromatic carbocycles. The third-order valence-corrected chi connectivity index (χ3v) is 2.05. The zero-order chi connectivity index (χ0) is 11.4. The average molecular weight is 209 g/mol. The third-order valence-electron chi connectivity index (χ3n) is 2.05. The Hall–Kier alpha value is -1.84. The van der Waals surface area contributed by atoms with Crippen LogP contribution >= 0.6 is 0 Å². The molecule has 0 bridgehead atoms. The Balaban J connectivity index is 2.92. The minimum Gasteiger partial charge on any atom is -0.481 e. The van der Waals surface area contributed by atoms with Crippen molar-refractivity contribution in [1.82, 2.24) is 0 Å². The van der Waals surface area contributed by atoms with Gasteiger partial charge in [0.25, 0.3) is 0 Å². The Labute approximate surface area is 87.0 Å². The Kier molecular flexibility index (Phi) is 3.44. The van der Waals surface area contributed by atoms with Crippen LogP contribution < -0.4 is 5.73 Å². The van der Waals surface area contributed by atoms with E-state index in [1.165, 1.54) is 18.2 Å². The smallest absolute Gasteiger partial charge is 0.307 e. The molecule has 0 saturated carbocycles. The van der Waals surface area contributed by atoms with Gasteiger partial charge in [-0.2, -0.15) is 0 Å². The van der Waals surface area contributed by atoms with Crippen molar-refractivity contribution >= 4 is 17.7 Å². The molecule has 3 nitrogen and oxygen atoms in total. The molecule has 1 aromatic rings. The third kappa shape index (κ3) is 2.80. The number of carboxylic acids is 1. The summed E-state index contributed by atoms with van der Waals surface area (Å²) in [7, 11) is 0. The van der Waals surface area contributed by atoms with Crippen molar-refractivity contribution < 1.29 is 14.3 Å². The average Bonchev–Trinajstić information content (AvgIpc) is 2.18. The van der Waals surface area contributed by atoms with E-state index in [4.69, 9.17) is 10.8 Å². The van der Waals surface area contributed by atoms with Crippen LogP contribution in [0.1, 0.15) is 17.5 Å². The van der Waals surface area contributed by atoms with Gasteiger partial charge in [-0.3, -0.25) is 4.79 Å². The molecule has 0 amide bonds. The molecule has 0 aliphatic heterocycles. The number of halogens is 1. The molecule has 0 fully saturated rings. The highest BCUT2D eigenvalue weighted by atomic mass is 19.1. The van der Waals surface area contributed by atoms with E-state index in [0.29, 0.717) is 16.8 Å². The molecule has 4 heteroatoms. The normalized spacial score (nSPS) is 10.8. The summed E-state index contributed by atoms with van der Waals surface area (Å²) in [5.74, 6) is -1.35. The summed E-state index contributed by atoms with van der Waals surface area (Å²) < 4.78 is 13.5. The molecule has 0 atom stereocenters. The SMILES string of the molecule is Cc1c(N)ccc(C=CCC(=O)O)c1F. The van der Waals surface area contributed by atoms with Gasteiger partial charge >= 0.3 is 5.97 Å². The van der Waals surface area contributed by atoms with Crippen LogP contribution in [0.25, 0.3) is 6.08 Å². The highest BCUT2D eigenvalue weighted by Crippen LogP contribution is 2.19. The molecule has 0 heterocycles. The Morgan fingerprint density at radius 2 is 2.27 bits per heavy atom. The van der Waals surface area contributed by atoms with E-state index >= 15 is 0 Å². The van der Waals surface area contributed by atoms with E-state index < -0.39 is 11.8 Å². The Bertz CT molecular complexity index is 413. The maximum Gasteiger partial charge on any atom is 0.307 e. The first-order valence-electron chi connectivity index (χ1n) is 4.45. The van der Waals surface area contributed by atoms with Gasteiger partial charge in [0.05, 0.1) is 6.42 Å². The fraction of sp³-hybridized carbons (Fsp3) is 0.182. The fourth-order valence-electron chi connectivity index (χ4n) is 1.14. The number of carbonyl (C=O) groups is 1. The number of nitrogens with two attached hydrogens (primary N) is 1. The van der Waals surface area contributed by atoms with Crippen molar-refractivity contribution in [3.05, 3.63) is 35.2 Å². The molecular weight excluding hydrogens is 197 g/mol. The standard InChI is InChI=1S/C11H12FNO2/c1-7-9(13)6-5-8(11(7)12)3-2-4-10(14)15/h2-3,5-6H,4,13H2,1H3,(H,14,15). The van der Waals surface area contributed by atoms with Gasteiger partial charge in [0.2, 0.25) is 0 Å². The number of hydrogen-bond acceptors (Lipinski definition) is 2. The molecule has 0 aliphatic carbocycles. The lowest BCUT2D eigenvalue weighted by atomic mass is 10.1. The molecule has 0 aliphatic rings. The molecule has 3 N–H and O–H groups in total. The minimum absolute atomic E-state index is 0.122. The van der Waals surface area contributed by atoms with Crippen LogP contribution in [0, 0.1) is 12.7 Å². The number of benzene rings is 1. The number of carboxylic acid groups (broad SMARTS) is 1. The molecule has 1 rings (SSSR count). The molecule has 0 saturated heterocycles. The van der Waals surface area contributed by atoms with Gasteiger partial charge in [-0.15, -0.1) is 0 Å². The van der Waals surface area contributed by atoms with E-state index in [9.17, 15) is 9.18 Å². The fourth-order valence-corrected chi connectivity index (χ4v) is 1.14. The summed E-state index contributed by atoms with van der Waals surface area (Å²) in [6.07, 6.45) is 2.72. The second-order valence-corrected chi connectivity index (χ2v) is 3.18. The molecule has 0 spiro atoms. The van der Waals surface area contributed by atoms with Crippen molar-refractivity contribution in [2.24, 2.45) is 0 Å². The first-order chi connectivity index (χ1) is 7.02.